The molecule has 18 heavy (non-hydrogen) atoms. The molecule has 100 valence electrons. The van der Waals surface area contributed by atoms with Gasteiger partial charge in [0.2, 0.25) is 17.2 Å². The minimum absolute atomic E-state index is 0.146. The molecule has 0 radical (unpaired) electrons. The highest BCUT2D eigenvalue weighted by Gasteiger charge is 2.28. The predicted octanol–water partition coefficient (Wildman–Crippen LogP) is 1.94. The van der Waals surface area contributed by atoms with Crippen LogP contribution >= 0.6 is 11.6 Å². The van der Waals surface area contributed by atoms with Gasteiger partial charge in [0.05, 0.1) is 12.1 Å². The maximum absolute atomic E-state index is 5.88. The number of hydrogen-bond donors (Lipinski definition) is 2. The zero-order valence-electron chi connectivity index (χ0n) is 10.7. The van der Waals surface area contributed by atoms with E-state index in [-0.39, 0.29) is 10.8 Å². The number of nitrogens with zero attached hydrogens (tertiary/aromatic N) is 3. The van der Waals surface area contributed by atoms with Gasteiger partial charge in [-0.3, -0.25) is 0 Å². The van der Waals surface area contributed by atoms with Crippen molar-refractivity contribution in [2.75, 3.05) is 30.4 Å². The summed E-state index contributed by atoms with van der Waals surface area (Å²) in [6.45, 7) is 6.27. The van der Waals surface area contributed by atoms with Gasteiger partial charge in [0.1, 0.15) is 0 Å². The second-order valence-electron chi connectivity index (χ2n) is 4.62. The van der Waals surface area contributed by atoms with Crippen LogP contribution in [0, 0.1) is 0 Å². The third kappa shape index (κ3) is 3.43. The lowest BCUT2D eigenvalue weighted by Gasteiger charge is -2.34. The first-order valence-corrected chi connectivity index (χ1v) is 6.50. The second-order valence-corrected chi connectivity index (χ2v) is 4.96. The lowest BCUT2D eigenvalue weighted by molar-refractivity contribution is 0.0537. The van der Waals surface area contributed by atoms with E-state index in [1.165, 1.54) is 0 Å². The van der Waals surface area contributed by atoms with Gasteiger partial charge in [0, 0.05) is 13.2 Å². The first kappa shape index (κ1) is 13.3. The van der Waals surface area contributed by atoms with Crippen LogP contribution in [0.15, 0.2) is 0 Å². The Hall–Kier alpha value is -1.14. The average molecular weight is 272 g/mol. The zero-order chi connectivity index (χ0) is 13.0. The van der Waals surface area contributed by atoms with E-state index in [0.717, 1.165) is 26.0 Å². The Morgan fingerprint density at radius 3 is 2.78 bits per heavy atom. The van der Waals surface area contributed by atoms with E-state index >= 15 is 0 Å². The van der Waals surface area contributed by atoms with Crippen LogP contribution in [0.25, 0.3) is 0 Å². The fourth-order valence-electron chi connectivity index (χ4n) is 1.95. The van der Waals surface area contributed by atoms with Crippen LogP contribution in [-0.2, 0) is 4.74 Å². The summed E-state index contributed by atoms with van der Waals surface area (Å²) >= 11 is 5.88. The van der Waals surface area contributed by atoms with E-state index in [4.69, 9.17) is 16.3 Å². The third-order valence-electron chi connectivity index (χ3n) is 2.79. The van der Waals surface area contributed by atoms with Crippen molar-refractivity contribution in [2.45, 2.75) is 32.2 Å². The number of ether oxygens (including phenoxy) is 1. The summed E-state index contributed by atoms with van der Waals surface area (Å²) in [6.07, 6.45) is 2.05. The molecule has 1 aliphatic heterocycles. The molecule has 6 nitrogen and oxygen atoms in total. The van der Waals surface area contributed by atoms with Gasteiger partial charge in [-0.1, -0.05) is 0 Å². The molecular weight excluding hydrogens is 254 g/mol. The normalized spacial score (nSPS) is 23.7. The van der Waals surface area contributed by atoms with Gasteiger partial charge in [0.15, 0.2) is 0 Å². The van der Waals surface area contributed by atoms with E-state index in [0.29, 0.717) is 18.5 Å². The number of rotatable bonds is 4. The quantitative estimate of drug-likeness (QED) is 0.872. The van der Waals surface area contributed by atoms with Crippen LogP contribution in [0.3, 0.4) is 0 Å². The Balaban J connectivity index is 2.12. The van der Waals surface area contributed by atoms with Crippen molar-refractivity contribution in [3.63, 3.8) is 0 Å². The summed E-state index contributed by atoms with van der Waals surface area (Å²) in [4.78, 5) is 12.4. The van der Waals surface area contributed by atoms with Crippen LogP contribution in [-0.4, -0.2) is 40.2 Å². The summed E-state index contributed by atoms with van der Waals surface area (Å²) < 4.78 is 5.48. The van der Waals surface area contributed by atoms with E-state index in [9.17, 15) is 0 Å². The van der Waals surface area contributed by atoms with Gasteiger partial charge in [-0.2, -0.15) is 15.0 Å². The van der Waals surface area contributed by atoms with Gasteiger partial charge in [-0.15, -0.1) is 0 Å². The standard InChI is InChI=1S/C11H18ClN5O/c1-3-13-9-14-8(12)15-10(16-9)17-11(2)5-4-6-18-7-11/h3-7H2,1-2H3,(H2,13,14,15,16,17). The predicted molar refractivity (Wildman–Crippen MR) is 71.1 cm³/mol. The van der Waals surface area contributed by atoms with Crippen molar-refractivity contribution < 1.29 is 4.74 Å². The minimum atomic E-state index is -0.146. The zero-order valence-corrected chi connectivity index (χ0v) is 11.4. The molecule has 2 rings (SSSR count). The fraction of sp³-hybridized carbons (Fsp3) is 0.727. The molecule has 1 unspecified atom stereocenters. The van der Waals surface area contributed by atoms with E-state index in [2.05, 4.69) is 32.5 Å². The van der Waals surface area contributed by atoms with Gasteiger partial charge in [-0.05, 0) is 38.3 Å². The topological polar surface area (TPSA) is 72.0 Å². The van der Waals surface area contributed by atoms with E-state index in [1.807, 2.05) is 6.92 Å². The van der Waals surface area contributed by atoms with Crippen molar-refractivity contribution >= 4 is 23.5 Å². The Kier molecular flexibility index (Phi) is 4.19. The lowest BCUT2D eigenvalue weighted by Crippen LogP contribution is -2.43. The smallest absolute Gasteiger partial charge is 0.229 e. The van der Waals surface area contributed by atoms with E-state index < -0.39 is 0 Å². The van der Waals surface area contributed by atoms with Gasteiger partial charge in [-0.25, -0.2) is 0 Å². The second kappa shape index (κ2) is 5.67. The van der Waals surface area contributed by atoms with Crippen molar-refractivity contribution in [3.8, 4) is 0 Å². The monoisotopic (exact) mass is 271 g/mol. The highest BCUT2D eigenvalue weighted by molar-refractivity contribution is 6.28. The number of halogens is 1. The highest BCUT2D eigenvalue weighted by Crippen LogP contribution is 2.23. The van der Waals surface area contributed by atoms with Crippen molar-refractivity contribution in [2.24, 2.45) is 0 Å². The molecular formula is C11H18ClN5O. The van der Waals surface area contributed by atoms with Crippen LogP contribution in [0.2, 0.25) is 5.28 Å². The molecule has 1 atom stereocenters. The van der Waals surface area contributed by atoms with E-state index in [1.54, 1.807) is 0 Å². The summed E-state index contributed by atoms with van der Waals surface area (Å²) in [5.74, 6) is 0.972. The van der Waals surface area contributed by atoms with Crippen LogP contribution in [0.4, 0.5) is 11.9 Å². The molecule has 2 N–H and O–H groups in total. The SMILES string of the molecule is CCNc1nc(Cl)nc(NC2(C)CCCOC2)n1. The Bertz CT molecular complexity index is 408. The third-order valence-corrected chi connectivity index (χ3v) is 2.96. The summed E-state index contributed by atoms with van der Waals surface area (Å²) in [5.41, 5.74) is -0.146. The molecule has 1 fully saturated rings. The molecule has 0 aliphatic carbocycles. The number of nitrogens with one attached hydrogen (secondary N) is 2. The highest BCUT2D eigenvalue weighted by atomic mass is 35.5. The van der Waals surface area contributed by atoms with Gasteiger partial charge in [0.25, 0.3) is 0 Å². The minimum Gasteiger partial charge on any atom is -0.379 e. The molecule has 1 aromatic heterocycles. The largest absolute Gasteiger partial charge is 0.379 e. The molecule has 0 bridgehead atoms. The Morgan fingerprint density at radius 2 is 2.11 bits per heavy atom. The lowest BCUT2D eigenvalue weighted by atomic mass is 9.95. The van der Waals surface area contributed by atoms with Crippen molar-refractivity contribution in [1.29, 1.82) is 0 Å². The molecule has 2 heterocycles. The van der Waals surface area contributed by atoms with Crippen LogP contribution in [0.1, 0.15) is 26.7 Å². The Morgan fingerprint density at radius 1 is 1.33 bits per heavy atom. The summed E-state index contributed by atoms with van der Waals surface area (Å²) in [6, 6.07) is 0. The molecule has 7 heteroatoms. The van der Waals surface area contributed by atoms with Crippen molar-refractivity contribution in [1.82, 2.24) is 15.0 Å². The molecule has 1 aromatic rings. The summed E-state index contributed by atoms with van der Waals surface area (Å²) in [5, 5.41) is 6.49. The van der Waals surface area contributed by atoms with Gasteiger partial charge < -0.3 is 15.4 Å². The summed E-state index contributed by atoms with van der Waals surface area (Å²) in [7, 11) is 0. The molecule has 0 aromatic carbocycles. The van der Waals surface area contributed by atoms with Crippen LogP contribution < -0.4 is 10.6 Å². The molecule has 1 aliphatic rings. The Labute approximate surface area is 112 Å². The first-order chi connectivity index (χ1) is 8.61. The number of aromatic nitrogens is 3. The molecule has 0 amide bonds. The number of anilines is 2. The maximum atomic E-state index is 5.88. The maximum Gasteiger partial charge on any atom is 0.229 e. The molecule has 0 spiro atoms. The molecule has 0 saturated carbocycles. The van der Waals surface area contributed by atoms with Crippen molar-refractivity contribution in [3.05, 3.63) is 5.28 Å². The average Bonchev–Trinajstić information content (AvgIpc) is 2.28. The first-order valence-electron chi connectivity index (χ1n) is 6.13. The van der Waals surface area contributed by atoms with Gasteiger partial charge >= 0.3 is 0 Å². The van der Waals surface area contributed by atoms with Crippen LogP contribution in [0.5, 0.6) is 0 Å². The number of hydrogen-bond acceptors (Lipinski definition) is 6. The molecule has 1 saturated heterocycles. The fourth-order valence-corrected chi connectivity index (χ4v) is 2.11.